The molecule has 6 heteroatoms. The summed E-state index contributed by atoms with van der Waals surface area (Å²) >= 11 is 0. The van der Waals surface area contributed by atoms with Crippen LogP contribution in [0.15, 0.2) is 28.7 Å². The fourth-order valence-corrected chi connectivity index (χ4v) is 1.76. The van der Waals surface area contributed by atoms with Gasteiger partial charge in [-0.05, 0) is 19.1 Å². The maximum Gasteiger partial charge on any atom is 0.406 e. The molecule has 2 aromatic rings. The molecule has 0 unspecified atom stereocenters. The highest BCUT2D eigenvalue weighted by molar-refractivity contribution is 5.66. The van der Waals surface area contributed by atoms with Gasteiger partial charge in [-0.15, -0.1) is 0 Å². The van der Waals surface area contributed by atoms with Crippen LogP contribution in [0.4, 0.5) is 9.18 Å². The summed E-state index contributed by atoms with van der Waals surface area (Å²) in [6.07, 6.45) is -0.0146. The van der Waals surface area contributed by atoms with Crippen molar-refractivity contribution in [3.63, 3.8) is 0 Å². The molecule has 0 saturated carbocycles. The van der Waals surface area contributed by atoms with E-state index in [9.17, 15) is 9.18 Å². The lowest BCUT2D eigenvalue weighted by molar-refractivity contribution is 0.171. The largest absolute Gasteiger partial charge is 0.453 e. The van der Waals surface area contributed by atoms with E-state index in [1.807, 2.05) is 0 Å². The maximum absolute atomic E-state index is 13.6. The topological polar surface area (TPSA) is 64.4 Å². The zero-order chi connectivity index (χ0) is 14.5. The highest BCUT2D eigenvalue weighted by Crippen LogP contribution is 2.24. The van der Waals surface area contributed by atoms with Crippen LogP contribution in [-0.4, -0.2) is 24.7 Å². The molecule has 1 aromatic carbocycles. The molecule has 0 aliphatic carbocycles. The first-order chi connectivity index (χ1) is 9.61. The average Bonchev–Trinajstić information content (AvgIpc) is 2.80. The standard InChI is InChI=1S/C14H15FN2O3/c1-9-12(7-8-16-14(18)19-2)17-13(20-9)10-5-3-4-6-11(10)15/h3-6H,7-8H2,1-2H3,(H,16,18). The number of halogens is 1. The number of nitrogens with zero attached hydrogens (tertiary/aromatic N) is 1. The van der Waals surface area contributed by atoms with Crippen molar-refractivity contribution in [1.29, 1.82) is 0 Å². The van der Waals surface area contributed by atoms with E-state index in [-0.39, 0.29) is 11.7 Å². The van der Waals surface area contributed by atoms with Crippen molar-refractivity contribution < 1.29 is 18.3 Å². The zero-order valence-electron chi connectivity index (χ0n) is 11.3. The van der Waals surface area contributed by atoms with Crippen LogP contribution in [0.1, 0.15) is 11.5 Å². The minimum Gasteiger partial charge on any atom is -0.453 e. The number of nitrogens with one attached hydrogen (secondary N) is 1. The monoisotopic (exact) mass is 278 g/mol. The molecule has 0 aliphatic heterocycles. The molecule has 5 nitrogen and oxygen atoms in total. The number of benzene rings is 1. The third-order valence-corrected chi connectivity index (χ3v) is 2.81. The van der Waals surface area contributed by atoms with Crippen molar-refractivity contribution in [2.24, 2.45) is 0 Å². The lowest BCUT2D eigenvalue weighted by Crippen LogP contribution is -2.25. The SMILES string of the molecule is COC(=O)NCCc1nc(-c2ccccc2F)oc1C. The molecule has 20 heavy (non-hydrogen) atoms. The number of alkyl carbamates (subject to hydrolysis) is 1. The van der Waals surface area contributed by atoms with Crippen LogP contribution in [0.25, 0.3) is 11.5 Å². The smallest absolute Gasteiger partial charge is 0.406 e. The number of aryl methyl sites for hydroxylation is 1. The lowest BCUT2D eigenvalue weighted by atomic mass is 10.2. The van der Waals surface area contributed by atoms with E-state index < -0.39 is 6.09 Å². The van der Waals surface area contributed by atoms with E-state index in [0.717, 1.165) is 0 Å². The summed E-state index contributed by atoms with van der Waals surface area (Å²) in [6, 6.07) is 6.29. The molecule has 0 fully saturated rings. The van der Waals surface area contributed by atoms with E-state index in [2.05, 4.69) is 15.0 Å². The lowest BCUT2D eigenvalue weighted by Gasteiger charge is -2.01. The molecule has 0 bridgehead atoms. The van der Waals surface area contributed by atoms with Crippen LogP contribution in [0.3, 0.4) is 0 Å². The Morgan fingerprint density at radius 3 is 2.90 bits per heavy atom. The normalized spacial score (nSPS) is 10.3. The Labute approximate surface area is 115 Å². The maximum atomic E-state index is 13.6. The molecule has 0 atom stereocenters. The summed E-state index contributed by atoms with van der Waals surface area (Å²) in [4.78, 5) is 15.2. The third-order valence-electron chi connectivity index (χ3n) is 2.81. The van der Waals surface area contributed by atoms with Crippen LogP contribution in [0, 0.1) is 12.7 Å². The first-order valence-corrected chi connectivity index (χ1v) is 6.15. The van der Waals surface area contributed by atoms with Gasteiger partial charge in [0.25, 0.3) is 0 Å². The predicted molar refractivity (Wildman–Crippen MR) is 70.7 cm³/mol. The van der Waals surface area contributed by atoms with Crippen LogP contribution in [-0.2, 0) is 11.2 Å². The predicted octanol–water partition coefficient (Wildman–Crippen LogP) is 2.69. The van der Waals surface area contributed by atoms with Gasteiger partial charge < -0.3 is 14.5 Å². The number of carbonyl (C=O) groups excluding carboxylic acids is 1. The average molecular weight is 278 g/mol. The molecule has 0 saturated heterocycles. The van der Waals surface area contributed by atoms with Crippen molar-refractivity contribution >= 4 is 6.09 Å². The summed E-state index contributed by atoms with van der Waals surface area (Å²) in [7, 11) is 1.30. The fraction of sp³-hybridized carbons (Fsp3) is 0.286. The molecule has 1 amide bonds. The van der Waals surface area contributed by atoms with Crippen molar-refractivity contribution in [1.82, 2.24) is 10.3 Å². The van der Waals surface area contributed by atoms with E-state index in [1.165, 1.54) is 13.2 Å². The Morgan fingerprint density at radius 1 is 1.45 bits per heavy atom. The second-order valence-corrected chi connectivity index (χ2v) is 4.17. The summed E-state index contributed by atoms with van der Waals surface area (Å²) in [6.45, 7) is 2.13. The number of hydrogen-bond acceptors (Lipinski definition) is 4. The molecular formula is C14H15FN2O3. The first-order valence-electron chi connectivity index (χ1n) is 6.15. The fourth-order valence-electron chi connectivity index (χ4n) is 1.76. The van der Waals surface area contributed by atoms with Gasteiger partial charge in [-0.2, -0.15) is 0 Å². The quantitative estimate of drug-likeness (QED) is 0.933. The summed E-state index contributed by atoms with van der Waals surface area (Å²) in [5.41, 5.74) is 1.00. The van der Waals surface area contributed by atoms with Crippen molar-refractivity contribution in [2.75, 3.05) is 13.7 Å². The van der Waals surface area contributed by atoms with Crippen LogP contribution < -0.4 is 5.32 Å². The molecule has 0 aliphatic rings. The van der Waals surface area contributed by atoms with Crippen molar-refractivity contribution in [2.45, 2.75) is 13.3 Å². The number of methoxy groups -OCH3 is 1. The van der Waals surface area contributed by atoms with E-state index in [1.54, 1.807) is 25.1 Å². The molecule has 1 aromatic heterocycles. The molecular weight excluding hydrogens is 263 g/mol. The Balaban J connectivity index is 2.10. The van der Waals surface area contributed by atoms with E-state index in [4.69, 9.17) is 4.42 Å². The van der Waals surface area contributed by atoms with Gasteiger partial charge >= 0.3 is 6.09 Å². The van der Waals surface area contributed by atoms with Crippen LogP contribution in [0.2, 0.25) is 0 Å². The summed E-state index contributed by atoms with van der Waals surface area (Å²) in [5, 5.41) is 2.55. The number of oxazole rings is 1. The van der Waals surface area contributed by atoms with Gasteiger partial charge in [-0.3, -0.25) is 0 Å². The molecule has 0 radical (unpaired) electrons. The molecule has 0 spiro atoms. The minimum atomic E-state index is -0.500. The van der Waals surface area contributed by atoms with Crippen molar-refractivity contribution in [3.05, 3.63) is 41.5 Å². The summed E-state index contributed by atoms with van der Waals surface area (Å²) in [5.74, 6) is 0.469. The van der Waals surface area contributed by atoms with Gasteiger partial charge in [0, 0.05) is 13.0 Å². The first kappa shape index (κ1) is 14.0. The van der Waals surface area contributed by atoms with Gasteiger partial charge in [0.2, 0.25) is 5.89 Å². The highest BCUT2D eigenvalue weighted by atomic mass is 19.1. The highest BCUT2D eigenvalue weighted by Gasteiger charge is 2.14. The molecule has 1 heterocycles. The van der Waals surface area contributed by atoms with Gasteiger partial charge in [-0.25, -0.2) is 14.2 Å². The van der Waals surface area contributed by atoms with Crippen LogP contribution in [0.5, 0.6) is 0 Å². The zero-order valence-corrected chi connectivity index (χ0v) is 11.3. The van der Waals surface area contributed by atoms with Crippen molar-refractivity contribution in [3.8, 4) is 11.5 Å². The number of ether oxygens (including phenoxy) is 1. The van der Waals surface area contributed by atoms with Crippen LogP contribution >= 0.6 is 0 Å². The molecule has 1 N–H and O–H groups in total. The van der Waals surface area contributed by atoms with E-state index >= 15 is 0 Å². The van der Waals surface area contributed by atoms with E-state index in [0.29, 0.717) is 30.0 Å². The molecule has 2 rings (SSSR count). The number of amides is 1. The second kappa shape index (κ2) is 6.18. The number of aromatic nitrogens is 1. The Kier molecular flexibility index (Phi) is 4.34. The molecule has 106 valence electrons. The summed E-state index contributed by atoms with van der Waals surface area (Å²) < 4.78 is 23.6. The minimum absolute atomic E-state index is 0.244. The van der Waals surface area contributed by atoms with Gasteiger partial charge in [0.05, 0.1) is 18.4 Å². The van der Waals surface area contributed by atoms with Gasteiger partial charge in [-0.1, -0.05) is 12.1 Å². The third kappa shape index (κ3) is 3.14. The second-order valence-electron chi connectivity index (χ2n) is 4.17. The number of rotatable bonds is 4. The Hall–Kier alpha value is -2.37. The number of hydrogen-bond donors (Lipinski definition) is 1. The number of carbonyl (C=O) groups is 1. The Bertz CT molecular complexity index is 610. The Morgan fingerprint density at radius 2 is 2.20 bits per heavy atom. The van der Waals surface area contributed by atoms with Gasteiger partial charge in [0.15, 0.2) is 0 Å². The van der Waals surface area contributed by atoms with Gasteiger partial charge in [0.1, 0.15) is 11.6 Å².